The summed E-state index contributed by atoms with van der Waals surface area (Å²) in [5.41, 5.74) is 6.98. The summed E-state index contributed by atoms with van der Waals surface area (Å²) in [5.74, 6) is -0.514. The van der Waals surface area contributed by atoms with E-state index in [-0.39, 0.29) is 24.5 Å². The topological polar surface area (TPSA) is 105 Å². The monoisotopic (exact) mass is 400 g/mol. The van der Waals surface area contributed by atoms with Gasteiger partial charge in [-0.3, -0.25) is 19.3 Å². The second-order valence-corrected chi connectivity index (χ2v) is 8.16. The van der Waals surface area contributed by atoms with Crippen molar-refractivity contribution in [2.45, 2.75) is 44.2 Å². The van der Waals surface area contributed by atoms with Crippen LogP contribution in [0.3, 0.4) is 0 Å². The number of nitrogens with one attached hydrogen (secondary N) is 1. The Bertz CT molecular complexity index is 773. The van der Waals surface area contributed by atoms with Crippen LogP contribution in [0.1, 0.15) is 32.1 Å². The molecule has 2 saturated carbocycles. The van der Waals surface area contributed by atoms with Crippen LogP contribution in [-0.4, -0.2) is 61.0 Å². The van der Waals surface area contributed by atoms with Crippen LogP contribution in [0.25, 0.3) is 0 Å². The highest BCUT2D eigenvalue weighted by Gasteiger charge is 2.40. The molecule has 1 saturated heterocycles. The first-order valence-corrected chi connectivity index (χ1v) is 10.4. The largest absolute Gasteiger partial charge is 0.370 e. The van der Waals surface area contributed by atoms with E-state index < -0.39 is 11.9 Å². The molecule has 8 nitrogen and oxygen atoms in total. The van der Waals surface area contributed by atoms with E-state index in [0.717, 1.165) is 44.3 Å². The highest BCUT2D eigenvalue weighted by molar-refractivity contribution is 6.09. The average molecular weight is 400 g/mol. The van der Waals surface area contributed by atoms with Crippen LogP contribution in [0.15, 0.2) is 24.3 Å². The predicted octanol–water partition coefficient (Wildman–Crippen LogP) is 1.11. The van der Waals surface area contributed by atoms with E-state index in [1.165, 1.54) is 0 Å². The summed E-state index contributed by atoms with van der Waals surface area (Å²) in [4.78, 5) is 40.8. The third-order valence-electron chi connectivity index (χ3n) is 5.99. The highest BCUT2D eigenvalue weighted by Crippen LogP contribution is 2.35. The summed E-state index contributed by atoms with van der Waals surface area (Å²) in [6.45, 7) is 1.84. The number of ether oxygens (including phenoxy) is 1. The first-order valence-electron chi connectivity index (χ1n) is 10.4. The van der Waals surface area contributed by atoms with Crippen LogP contribution < -0.4 is 16.0 Å². The van der Waals surface area contributed by atoms with Crippen molar-refractivity contribution in [3.63, 3.8) is 0 Å². The number of morpholine rings is 1. The van der Waals surface area contributed by atoms with Gasteiger partial charge in [-0.2, -0.15) is 0 Å². The van der Waals surface area contributed by atoms with Gasteiger partial charge in [0.2, 0.25) is 5.91 Å². The number of hydrogen-bond donors (Lipinski definition) is 2. The lowest BCUT2D eigenvalue weighted by Crippen LogP contribution is -2.57. The Morgan fingerprint density at radius 1 is 1.21 bits per heavy atom. The second kappa shape index (κ2) is 8.51. The van der Waals surface area contributed by atoms with E-state index in [1.54, 1.807) is 29.2 Å². The lowest BCUT2D eigenvalue weighted by molar-refractivity contribution is -0.135. The first-order chi connectivity index (χ1) is 14.0. The third-order valence-corrected chi connectivity index (χ3v) is 5.99. The van der Waals surface area contributed by atoms with E-state index in [0.29, 0.717) is 24.8 Å². The summed E-state index contributed by atoms with van der Waals surface area (Å²) in [7, 11) is 0. The van der Waals surface area contributed by atoms with Crippen molar-refractivity contribution in [3.05, 3.63) is 24.3 Å². The predicted molar refractivity (Wildman–Crippen MR) is 108 cm³/mol. The van der Waals surface area contributed by atoms with Crippen LogP contribution in [0, 0.1) is 5.92 Å². The molecule has 0 spiro atoms. The highest BCUT2D eigenvalue weighted by atomic mass is 16.5. The molecule has 0 bridgehead atoms. The van der Waals surface area contributed by atoms with Crippen molar-refractivity contribution >= 4 is 29.1 Å². The summed E-state index contributed by atoms with van der Waals surface area (Å²) >= 11 is 0. The Balaban J connectivity index is 1.44. The molecule has 0 aromatic heterocycles. The summed E-state index contributed by atoms with van der Waals surface area (Å²) in [6.07, 6.45) is 5.44. The van der Waals surface area contributed by atoms with E-state index in [1.807, 2.05) is 4.90 Å². The molecule has 156 valence electrons. The molecule has 29 heavy (non-hydrogen) atoms. The first kappa shape index (κ1) is 19.8. The molecule has 8 heteroatoms. The molecule has 1 atom stereocenters. The van der Waals surface area contributed by atoms with Gasteiger partial charge >= 0.3 is 0 Å². The van der Waals surface area contributed by atoms with Crippen molar-refractivity contribution in [1.82, 2.24) is 4.90 Å². The zero-order valence-corrected chi connectivity index (χ0v) is 16.5. The van der Waals surface area contributed by atoms with Gasteiger partial charge < -0.3 is 20.7 Å². The molecular formula is C21H28N4O4. The Kier molecular flexibility index (Phi) is 5.82. The van der Waals surface area contributed by atoms with Crippen LogP contribution in [0.2, 0.25) is 0 Å². The minimum absolute atomic E-state index is 0.0801. The van der Waals surface area contributed by atoms with Gasteiger partial charge in [-0.15, -0.1) is 0 Å². The van der Waals surface area contributed by atoms with Gasteiger partial charge in [-0.05, 0) is 55.9 Å². The zero-order chi connectivity index (χ0) is 20.4. The normalized spacial score (nSPS) is 21.0. The van der Waals surface area contributed by atoms with Crippen molar-refractivity contribution < 1.29 is 19.1 Å². The van der Waals surface area contributed by atoms with Crippen LogP contribution in [-0.2, 0) is 19.1 Å². The average Bonchev–Trinajstić information content (AvgIpc) is 3.45. The van der Waals surface area contributed by atoms with Gasteiger partial charge in [0.25, 0.3) is 11.8 Å². The fraction of sp³-hybridized carbons (Fsp3) is 0.571. The maximum Gasteiger partial charge on any atom is 0.253 e. The molecule has 0 radical (unpaired) electrons. The standard InChI is InChI=1S/C21H28N4O4/c22-20(27)19(25(12-14-4-5-14)16-2-1-3-16)21(28)23-15-6-8-17(9-7-15)24-10-11-29-13-18(24)26/h6-9,14,16,19H,1-5,10-13H2,(H2,22,27)(H,23,28)/t19-/m1/s1. The Hall–Kier alpha value is -2.45. The van der Waals surface area contributed by atoms with Crippen LogP contribution >= 0.6 is 0 Å². The number of amides is 3. The van der Waals surface area contributed by atoms with E-state index in [4.69, 9.17) is 10.5 Å². The summed E-state index contributed by atoms with van der Waals surface area (Å²) < 4.78 is 5.15. The number of primary amides is 1. The Morgan fingerprint density at radius 3 is 2.48 bits per heavy atom. The van der Waals surface area contributed by atoms with Gasteiger partial charge in [-0.1, -0.05) is 6.42 Å². The number of rotatable bonds is 8. The molecule has 3 fully saturated rings. The Morgan fingerprint density at radius 2 is 1.93 bits per heavy atom. The van der Waals surface area contributed by atoms with Crippen LogP contribution in [0.4, 0.5) is 11.4 Å². The number of nitrogens with two attached hydrogens (primary N) is 1. The molecule has 1 aromatic rings. The number of anilines is 2. The van der Waals surface area contributed by atoms with Gasteiger partial charge in [0.15, 0.2) is 6.04 Å². The molecule has 3 amide bonds. The minimum atomic E-state index is -0.957. The van der Waals surface area contributed by atoms with E-state index >= 15 is 0 Å². The number of carbonyl (C=O) groups is 3. The van der Waals surface area contributed by atoms with E-state index in [9.17, 15) is 14.4 Å². The third kappa shape index (κ3) is 4.59. The fourth-order valence-electron chi connectivity index (χ4n) is 3.95. The molecule has 3 aliphatic rings. The molecule has 1 aromatic carbocycles. The molecule has 4 rings (SSSR count). The quantitative estimate of drug-likeness (QED) is 0.636. The molecule has 2 aliphatic carbocycles. The number of hydrogen-bond acceptors (Lipinski definition) is 5. The van der Waals surface area contributed by atoms with Crippen molar-refractivity contribution in [1.29, 1.82) is 0 Å². The van der Waals surface area contributed by atoms with Gasteiger partial charge in [0.1, 0.15) is 6.61 Å². The Labute approximate surface area is 170 Å². The van der Waals surface area contributed by atoms with Gasteiger partial charge in [0, 0.05) is 30.5 Å². The maximum atomic E-state index is 12.9. The van der Waals surface area contributed by atoms with Crippen molar-refractivity contribution in [2.75, 3.05) is 36.5 Å². The van der Waals surface area contributed by atoms with Crippen molar-refractivity contribution in [3.8, 4) is 0 Å². The maximum absolute atomic E-state index is 12.9. The van der Waals surface area contributed by atoms with Crippen molar-refractivity contribution in [2.24, 2.45) is 11.7 Å². The fourth-order valence-corrected chi connectivity index (χ4v) is 3.95. The van der Waals surface area contributed by atoms with Crippen LogP contribution in [0.5, 0.6) is 0 Å². The lowest BCUT2D eigenvalue weighted by Gasteiger charge is -2.40. The number of carbonyl (C=O) groups excluding carboxylic acids is 3. The van der Waals surface area contributed by atoms with Gasteiger partial charge in [0.05, 0.1) is 6.61 Å². The molecule has 1 aliphatic heterocycles. The summed E-state index contributed by atoms with van der Waals surface area (Å²) in [5, 5.41) is 2.83. The minimum Gasteiger partial charge on any atom is -0.370 e. The van der Waals surface area contributed by atoms with E-state index in [2.05, 4.69) is 5.32 Å². The molecule has 0 unspecified atom stereocenters. The summed E-state index contributed by atoms with van der Waals surface area (Å²) in [6, 6.07) is 6.35. The molecule has 3 N–H and O–H groups in total. The number of benzene rings is 1. The zero-order valence-electron chi connectivity index (χ0n) is 16.5. The second-order valence-electron chi connectivity index (χ2n) is 8.16. The molecular weight excluding hydrogens is 372 g/mol. The smallest absolute Gasteiger partial charge is 0.253 e. The lowest BCUT2D eigenvalue weighted by atomic mass is 9.89. The SMILES string of the molecule is NC(=O)[C@H](C(=O)Nc1ccc(N2CCOCC2=O)cc1)N(CC1CC1)C1CCC1. The number of nitrogens with zero attached hydrogens (tertiary/aromatic N) is 2. The molecule has 1 heterocycles. The van der Waals surface area contributed by atoms with Gasteiger partial charge in [-0.25, -0.2) is 0 Å².